The monoisotopic (exact) mass is 332 g/mol. The molecule has 0 amide bonds. The fourth-order valence-electron chi connectivity index (χ4n) is 2.58. The van der Waals surface area contributed by atoms with Crippen molar-refractivity contribution in [3.63, 3.8) is 0 Å². The van der Waals surface area contributed by atoms with Gasteiger partial charge in [0.2, 0.25) is 5.95 Å². The average molecular weight is 333 g/mol. The molecule has 0 aliphatic carbocycles. The summed E-state index contributed by atoms with van der Waals surface area (Å²) in [6, 6.07) is 6.95. The largest absolute Gasteiger partial charge is 0.462 e. The highest BCUT2D eigenvalue weighted by molar-refractivity contribution is 6.30. The van der Waals surface area contributed by atoms with Gasteiger partial charge in [0.1, 0.15) is 12.4 Å². The van der Waals surface area contributed by atoms with Crippen LogP contribution >= 0.6 is 11.6 Å². The van der Waals surface area contributed by atoms with E-state index in [2.05, 4.69) is 15.4 Å². The summed E-state index contributed by atoms with van der Waals surface area (Å²) in [4.78, 5) is 16.7. The average Bonchev–Trinajstić information content (AvgIpc) is 3.00. The molecular formula is C16H17ClN4O2. The third-order valence-corrected chi connectivity index (χ3v) is 3.89. The number of halogens is 1. The Kier molecular flexibility index (Phi) is 4.34. The number of nitrogens with one attached hydrogen (secondary N) is 1. The van der Waals surface area contributed by atoms with Crippen LogP contribution in [0.25, 0.3) is 0 Å². The molecular weight excluding hydrogens is 316 g/mol. The second-order valence-corrected chi connectivity index (χ2v) is 5.72. The molecule has 0 unspecified atom stereocenters. The maximum absolute atomic E-state index is 12.5. The number of carbonyl (C=O) groups excluding carboxylic acids is 1. The smallest absolute Gasteiger partial charge is 0.338 e. The highest BCUT2D eigenvalue weighted by Gasteiger charge is 2.34. The number of hydrogen-bond acceptors (Lipinski definition) is 5. The van der Waals surface area contributed by atoms with Crippen LogP contribution in [0.2, 0.25) is 5.02 Å². The van der Waals surface area contributed by atoms with Gasteiger partial charge in [-0.25, -0.2) is 9.48 Å². The standard InChI is InChI=1S/C16H17ClN4O2/c1-3-8-23-15(22)13-10(2)20-16-18-9-19-21(16)14(13)11-4-6-12(17)7-5-11/h4-7,9,14H,3,8H2,1-2H3,(H,18,19,20)/t14-/m1/s1. The van der Waals surface area contributed by atoms with Crippen LogP contribution in [0.3, 0.4) is 0 Å². The van der Waals surface area contributed by atoms with Gasteiger partial charge in [0, 0.05) is 10.7 Å². The summed E-state index contributed by atoms with van der Waals surface area (Å²) in [5, 5.41) is 7.99. The number of esters is 1. The Hall–Kier alpha value is -2.34. The van der Waals surface area contributed by atoms with E-state index in [9.17, 15) is 4.79 Å². The number of aromatic nitrogens is 3. The minimum Gasteiger partial charge on any atom is -0.462 e. The van der Waals surface area contributed by atoms with Crippen molar-refractivity contribution >= 4 is 23.5 Å². The normalized spacial score (nSPS) is 16.7. The number of carbonyl (C=O) groups is 1. The summed E-state index contributed by atoms with van der Waals surface area (Å²) in [5.41, 5.74) is 2.13. The topological polar surface area (TPSA) is 69.0 Å². The van der Waals surface area contributed by atoms with Gasteiger partial charge >= 0.3 is 5.97 Å². The molecule has 0 saturated heterocycles. The van der Waals surface area contributed by atoms with E-state index >= 15 is 0 Å². The molecule has 1 aromatic heterocycles. The Morgan fingerprint density at radius 3 is 2.83 bits per heavy atom. The van der Waals surface area contributed by atoms with Gasteiger partial charge in [-0.15, -0.1) is 0 Å². The van der Waals surface area contributed by atoms with E-state index in [4.69, 9.17) is 16.3 Å². The van der Waals surface area contributed by atoms with Crippen LogP contribution in [0.4, 0.5) is 5.95 Å². The third-order valence-electron chi connectivity index (χ3n) is 3.64. The van der Waals surface area contributed by atoms with Gasteiger partial charge in [-0.2, -0.15) is 10.1 Å². The summed E-state index contributed by atoms with van der Waals surface area (Å²) >= 11 is 5.98. The highest BCUT2D eigenvalue weighted by atomic mass is 35.5. The molecule has 3 rings (SSSR count). The molecule has 0 saturated carbocycles. The number of nitrogens with zero attached hydrogens (tertiary/aromatic N) is 3. The number of rotatable bonds is 4. The summed E-state index contributed by atoms with van der Waals surface area (Å²) in [7, 11) is 0. The van der Waals surface area contributed by atoms with Gasteiger partial charge in [-0.1, -0.05) is 30.7 Å². The fourth-order valence-corrected chi connectivity index (χ4v) is 2.71. The molecule has 1 aliphatic heterocycles. The van der Waals surface area contributed by atoms with Crippen molar-refractivity contribution in [1.82, 2.24) is 14.8 Å². The second-order valence-electron chi connectivity index (χ2n) is 5.28. The zero-order valence-corrected chi connectivity index (χ0v) is 13.7. The van der Waals surface area contributed by atoms with Crippen LogP contribution in [-0.2, 0) is 9.53 Å². The Morgan fingerprint density at radius 1 is 1.39 bits per heavy atom. The molecule has 0 bridgehead atoms. The van der Waals surface area contributed by atoms with Crippen LogP contribution < -0.4 is 5.32 Å². The molecule has 1 aliphatic rings. The Balaban J connectivity index is 2.07. The Bertz CT molecular complexity index is 752. The number of hydrogen-bond donors (Lipinski definition) is 1. The van der Waals surface area contributed by atoms with Crippen LogP contribution in [-0.4, -0.2) is 27.3 Å². The molecule has 7 heteroatoms. The Morgan fingerprint density at radius 2 is 2.13 bits per heavy atom. The zero-order valence-electron chi connectivity index (χ0n) is 12.9. The molecule has 120 valence electrons. The molecule has 2 aromatic rings. The predicted molar refractivity (Wildman–Crippen MR) is 87.2 cm³/mol. The molecule has 1 atom stereocenters. The van der Waals surface area contributed by atoms with Crippen LogP contribution in [0.1, 0.15) is 31.9 Å². The minimum atomic E-state index is -0.393. The maximum atomic E-state index is 12.5. The van der Waals surface area contributed by atoms with E-state index in [0.717, 1.165) is 12.0 Å². The first-order chi connectivity index (χ1) is 11.1. The van der Waals surface area contributed by atoms with Crippen molar-refractivity contribution in [3.8, 4) is 0 Å². The first kappa shape index (κ1) is 15.6. The lowest BCUT2D eigenvalue weighted by atomic mass is 9.96. The second kappa shape index (κ2) is 6.42. The van der Waals surface area contributed by atoms with Gasteiger partial charge in [-0.3, -0.25) is 0 Å². The molecule has 1 aromatic carbocycles. The number of ether oxygens (including phenoxy) is 1. The van der Waals surface area contributed by atoms with Crippen molar-refractivity contribution in [2.75, 3.05) is 11.9 Å². The van der Waals surface area contributed by atoms with E-state index in [1.54, 1.807) is 16.8 Å². The van der Waals surface area contributed by atoms with E-state index in [1.165, 1.54) is 6.33 Å². The van der Waals surface area contributed by atoms with E-state index in [0.29, 0.717) is 28.8 Å². The van der Waals surface area contributed by atoms with Crippen LogP contribution in [0.5, 0.6) is 0 Å². The predicted octanol–water partition coefficient (Wildman–Crippen LogP) is 3.17. The van der Waals surface area contributed by atoms with Gasteiger partial charge in [0.15, 0.2) is 0 Å². The number of benzene rings is 1. The summed E-state index contributed by atoms with van der Waals surface area (Å²) in [5.74, 6) is 0.243. The van der Waals surface area contributed by atoms with Crippen molar-refractivity contribution in [2.45, 2.75) is 26.3 Å². The molecule has 0 spiro atoms. The molecule has 1 N–H and O–H groups in total. The van der Waals surface area contributed by atoms with Gasteiger partial charge < -0.3 is 10.1 Å². The number of anilines is 1. The highest BCUT2D eigenvalue weighted by Crippen LogP contribution is 2.35. The first-order valence-electron chi connectivity index (χ1n) is 7.41. The van der Waals surface area contributed by atoms with Crippen molar-refractivity contribution in [3.05, 3.63) is 52.4 Å². The maximum Gasteiger partial charge on any atom is 0.338 e. The fraction of sp³-hybridized carbons (Fsp3) is 0.312. The summed E-state index contributed by atoms with van der Waals surface area (Å²) in [6.07, 6.45) is 2.23. The lowest BCUT2D eigenvalue weighted by Crippen LogP contribution is -2.29. The zero-order chi connectivity index (χ0) is 16.4. The van der Waals surface area contributed by atoms with E-state index in [1.807, 2.05) is 26.0 Å². The van der Waals surface area contributed by atoms with Crippen molar-refractivity contribution < 1.29 is 9.53 Å². The Labute approximate surface area is 139 Å². The van der Waals surface area contributed by atoms with Crippen LogP contribution in [0, 0.1) is 0 Å². The molecule has 0 fully saturated rings. The lowest BCUT2D eigenvalue weighted by molar-refractivity contribution is -0.139. The van der Waals surface area contributed by atoms with Crippen molar-refractivity contribution in [1.29, 1.82) is 0 Å². The summed E-state index contributed by atoms with van der Waals surface area (Å²) < 4.78 is 7.02. The van der Waals surface area contributed by atoms with Gasteiger partial charge in [-0.05, 0) is 31.0 Å². The van der Waals surface area contributed by atoms with Crippen molar-refractivity contribution in [2.24, 2.45) is 0 Å². The summed E-state index contributed by atoms with van der Waals surface area (Å²) in [6.45, 7) is 4.18. The lowest BCUT2D eigenvalue weighted by Gasteiger charge is -2.28. The quantitative estimate of drug-likeness (QED) is 0.871. The minimum absolute atomic E-state index is 0.349. The number of fused-ring (bicyclic) bond motifs is 1. The molecule has 0 radical (unpaired) electrons. The molecule has 6 nitrogen and oxygen atoms in total. The van der Waals surface area contributed by atoms with Gasteiger partial charge in [0.05, 0.1) is 12.2 Å². The SMILES string of the molecule is CCCOC(=O)C1=C(C)Nc2ncnn2[C@@H]1c1ccc(Cl)cc1. The third kappa shape index (κ3) is 2.94. The van der Waals surface area contributed by atoms with Crippen LogP contribution in [0.15, 0.2) is 41.9 Å². The molecule has 2 heterocycles. The first-order valence-corrected chi connectivity index (χ1v) is 7.79. The molecule has 23 heavy (non-hydrogen) atoms. The number of allylic oxidation sites excluding steroid dienone is 1. The van der Waals surface area contributed by atoms with Gasteiger partial charge in [0.25, 0.3) is 0 Å². The van der Waals surface area contributed by atoms with E-state index in [-0.39, 0.29) is 5.97 Å². The van der Waals surface area contributed by atoms with E-state index < -0.39 is 6.04 Å².